The summed E-state index contributed by atoms with van der Waals surface area (Å²) in [6.45, 7) is 0.671. The third kappa shape index (κ3) is 5.06. The number of carboxylic acid groups (broad SMARTS) is 2. The molecule has 19 heavy (non-hydrogen) atoms. The Morgan fingerprint density at radius 2 is 1.89 bits per heavy atom. The molecule has 0 bridgehead atoms. The van der Waals surface area contributed by atoms with Crippen molar-refractivity contribution in [1.82, 2.24) is 4.98 Å². The first-order valence-corrected chi connectivity index (χ1v) is 6.08. The minimum atomic E-state index is -0.928. The van der Waals surface area contributed by atoms with Gasteiger partial charge in [-0.25, -0.2) is 19.1 Å². The number of H-pyrrole nitrogens is 1. The standard InChI is InChI=1S/C11H18N4O4/c12-8(10(16)17)2-1-3-15-5-7(14-6-15)4-9(13)11(18)19/h5-6,8-9H,1-4,12-13H2,(H2,16,17,18,19)/p+3/t8-,9-/m0/s1. The molecular formula is C11H21N4O4+3. The zero-order valence-corrected chi connectivity index (χ0v) is 10.7. The average Bonchev–Trinajstić information content (AvgIpc) is 2.76. The number of aromatic amines is 1. The molecule has 8 nitrogen and oxygen atoms in total. The molecule has 0 aromatic carbocycles. The number of hydrogen-bond acceptors (Lipinski definition) is 2. The average molecular weight is 273 g/mol. The maximum absolute atomic E-state index is 10.7. The van der Waals surface area contributed by atoms with Gasteiger partial charge >= 0.3 is 11.9 Å². The van der Waals surface area contributed by atoms with E-state index in [1.165, 1.54) is 0 Å². The number of aliphatic carboxylic acids is 2. The van der Waals surface area contributed by atoms with Crippen molar-refractivity contribution in [2.75, 3.05) is 0 Å². The van der Waals surface area contributed by atoms with Crippen LogP contribution in [0.25, 0.3) is 0 Å². The zero-order chi connectivity index (χ0) is 14.4. The van der Waals surface area contributed by atoms with Gasteiger partial charge in [-0.1, -0.05) is 0 Å². The molecule has 0 saturated heterocycles. The van der Waals surface area contributed by atoms with Crippen LogP contribution in [0.2, 0.25) is 0 Å². The Balaban J connectivity index is 2.39. The molecule has 9 N–H and O–H groups in total. The Bertz CT molecular complexity index is 446. The van der Waals surface area contributed by atoms with Crippen molar-refractivity contribution in [3.63, 3.8) is 0 Å². The largest absolute Gasteiger partial charge is 0.477 e. The molecule has 1 rings (SSSR count). The van der Waals surface area contributed by atoms with E-state index >= 15 is 0 Å². The monoisotopic (exact) mass is 273 g/mol. The molecule has 1 aromatic rings. The third-order valence-corrected chi connectivity index (χ3v) is 2.87. The van der Waals surface area contributed by atoms with Crippen molar-refractivity contribution in [2.24, 2.45) is 0 Å². The number of hydrogen-bond donors (Lipinski definition) is 5. The Morgan fingerprint density at radius 1 is 1.26 bits per heavy atom. The van der Waals surface area contributed by atoms with Crippen LogP contribution in [0.4, 0.5) is 0 Å². The Morgan fingerprint density at radius 3 is 2.47 bits per heavy atom. The second-order valence-electron chi connectivity index (χ2n) is 4.58. The van der Waals surface area contributed by atoms with Crippen LogP contribution in [0.3, 0.4) is 0 Å². The first kappa shape index (κ1) is 15.1. The van der Waals surface area contributed by atoms with E-state index in [1.54, 1.807) is 6.33 Å². The molecule has 1 heterocycles. The summed E-state index contributed by atoms with van der Waals surface area (Å²) in [6.07, 6.45) is 5.11. The van der Waals surface area contributed by atoms with Gasteiger partial charge in [0, 0.05) is 6.42 Å². The molecule has 0 aliphatic carbocycles. The van der Waals surface area contributed by atoms with Crippen LogP contribution >= 0.6 is 0 Å². The second-order valence-corrected chi connectivity index (χ2v) is 4.58. The van der Waals surface area contributed by atoms with E-state index in [0.717, 1.165) is 5.69 Å². The van der Waals surface area contributed by atoms with Crippen LogP contribution in [0.5, 0.6) is 0 Å². The van der Waals surface area contributed by atoms with Gasteiger partial charge in [0.15, 0.2) is 12.1 Å². The third-order valence-electron chi connectivity index (χ3n) is 2.87. The van der Waals surface area contributed by atoms with Gasteiger partial charge in [-0.3, -0.25) is 0 Å². The van der Waals surface area contributed by atoms with E-state index in [4.69, 9.17) is 10.2 Å². The van der Waals surface area contributed by atoms with Crippen molar-refractivity contribution in [1.29, 1.82) is 0 Å². The van der Waals surface area contributed by atoms with Gasteiger partial charge in [0.25, 0.3) is 0 Å². The number of nitrogens with zero attached hydrogens (tertiary/aromatic N) is 1. The fraction of sp³-hybridized carbons (Fsp3) is 0.545. The SMILES string of the molecule is [NH3+][C@@H](CCC[n+]1c[nH]c(C[C@H]([NH3+])C(=O)O)c1)C(=O)O. The molecule has 2 atom stereocenters. The van der Waals surface area contributed by atoms with E-state index in [-0.39, 0.29) is 0 Å². The van der Waals surface area contributed by atoms with Gasteiger partial charge in [-0.15, -0.1) is 0 Å². The van der Waals surface area contributed by atoms with Crippen molar-refractivity contribution in [3.8, 4) is 0 Å². The molecule has 0 aliphatic heterocycles. The highest BCUT2D eigenvalue weighted by molar-refractivity contribution is 5.71. The first-order valence-electron chi connectivity index (χ1n) is 6.08. The van der Waals surface area contributed by atoms with E-state index in [0.29, 0.717) is 25.8 Å². The van der Waals surface area contributed by atoms with Crippen molar-refractivity contribution >= 4 is 11.9 Å². The maximum Gasteiger partial charge on any atom is 0.362 e. The van der Waals surface area contributed by atoms with Crippen molar-refractivity contribution in [3.05, 3.63) is 18.2 Å². The number of rotatable bonds is 8. The van der Waals surface area contributed by atoms with Crippen LogP contribution in [-0.4, -0.2) is 39.2 Å². The van der Waals surface area contributed by atoms with Crippen LogP contribution < -0.4 is 16.0 Å². The second kappa shape index (κ2) is 6.86. The summed E-state index contributed by atoms with van der Waals surface area (Å²) in [5, 5.41) is 17.5. The maximum atomic E-state index is 10.7. The number of aryl methyl sites for hydroxylation is 1. The lowest BCUT2D eigenvalue weighted by Crippen LogP contribution is -2.66. The van der Waals surface area contributed by atoms with Crippen molar-refractivity contribution in [2.45, 2.75) is 37.9 Å². The molecule has 0 fully saturated rings. The summed E-state index contributed by atoms with van der Waals surface area (Å²) < 4.78 is 1.87. The van der Waals surface area contributed by atoms with Gasteiger partial charge in [0.1, 0.15) is 11.9 Å². The Kier molecular flexibility index (Phi) is 5.46. The molecule has 0 spiro atoms. The molecule has 0 aliphatic rings. The fourth-order valence-electron chi connectivity index (χ4n) is 1.68. The summed E-state index contributed by atoms with van der Waals surface area (Å²) in [5.41, 5.74) is 7.89. The van der Waals surface area contributed by atoms with Gasteiger partial charge in [0.05, 0.1) is 13.0 Å². The lowest BCUT2D eigenvalue weighted by Gasteiger charge is -2.01. The normalized spacial score (nSPS) is 14.0. The van der Waals surface area contributed by atoms with Crippen LogP contribution in [-0.2, 0) is 22.6 Å². The van der Waals surface area contributed by atoms with Crippen LogP contribution in [0.1, 0.15) is 18.5 Å². The van der Waals surface area contributed by atoms with Gasteiger partial charge < -0.3 is 21.7 Å². The van der Waals surface area contributed by atoms with E-state index in [9.17, 15) is 9.59 Å². The molecule has 0 unspecified atom stereocenters. The summed E-state index contributed by atoms with van der Waals surface area (Å²) in [4.78, 5) is 24.2. The quantitative estimate of drug-likeness (QED) is 0.321. The van der Waals surface area contributed by atoms with E-state index in [1.807, 2.05) is 10.8 Å². The predicted octanol–water partition coefficient (Wildman–Crippen LogP) is -2.98. The molecule has 106 valence electrons. The van der Waals surface area contributed by atoms with E-state index < -0.39 is 24.0 Å². The van der Waals surface area contributed by atoms with E-state index in [2.05, 4.69) is 16.5 Å². The minimum Gasteiger partial charge on any atom is -0.477 e. The van der Waals surface area contributed by atoms with Crippen LogP contribution in [0, 0.1) is 0 Å². The molecule has 0 saturated carbocycles. The number of carboxylic acids is 2. The number of nitrogens with one attached hydrogen (secondary N) is 1. The van der Waals surface area contributed by atoms with Gasteiger partial charge in [-0.2, -0.15) is 0 Å². The molecule has 1 aromatic heterocycles. The lowest BCUT2D eigenvalue weighted by molar-refractivity contribution is -0.696. The predicted molar refractivity (Wildman–Crippen MR) is 62.5 cm³/mol. The Labute approximate surface area is 110 Å². The van der Waals surface area contributed by atoms with Gasteiger partial charge in [0.2, 0.25) is 6.33 Å². The smallest absolute Gasteiger partial charge is 0.362 e. The summed E-state index contributed by atoms with van der Waals surface area (Å²) >= 11 is 0. The molecule has 0 radical (unpaired) electrons. The lowest BCUT2D eigenvalue weighted by atomic mass is 10.1. The molecule has 0 amide bonds. The van der Waals surface area contributed by atoms with Crippen molar-refractivity contribution < 1.29 is 35.8 Å². The highest BCUT2D eigenvalue weighted by atomic mass is 16.4. The number of aromatic nitrogens is 2. The molecule has 8 heteroatoms. The van der Waals surface area contributed by atoms with Gasteiger partial charge in [-0.05, 0) is 6.42 Å². The first-order chi connectivity index (χ1) is 8.90. The number of imidazole rings is 1. The summed E-state index contributed by atoms with van der Waals surface area (Å²) in [7, 11) is 0. The topological polar surface area (TPSA) is 150 Å². The minimum absolute atomic E-state index is 0.343. The Hall–Kier alpha value is -1.93. The highest BCUT2D eigenvalue weighted by Gasteiger charge is 2.20. The summed E-state index contributed by atoms with van der Waals surface area (Å²) in [6, 6.07) is -1.27. The van der Waals surface area contributed by atoms with Crippen LogP contribution in [0.15, 0.2) is 12.5 Å². The zero-order valence-electron chi connectivity index (χ0n) is 10.7. The highest BCUT2D eigenvalue weighted by Crippen LogP contribution is 1.97. The summed E-state index contributed by atoms with van der Waals surface area (Å²) in [5.74, 6) is -1.82. The number of quaternary nitrogens is 2. The molecular weight excluding hydrogens is 252 g/mol. The fourth-order valence-corrected chi connectivity index (χ4v) is 1.68. The number of carbonyl (C=O) groups is 2.